The second kappa shape index (κ2) is 3.95. The molecular formula is C12H10ClF3O. The van der Waals surface area contributed by atoms with Gasteiger partial charge in [-0.3, -0.25) is 0 Å². The summed E-state index contributed by atoms with van der Waals surface area (Å²) in [5.74, 6) is 0.231. The summed E-state index contributed by atoms with van der Waals surface area (Å²) < 4.78 is 42.5. The van der Waals surface area contributed by atoms with Crippen molar-refractivity contribution < 1.29 is 17.9 Å². The fourth-order valence-corrected chi connectivity index (χ4v) is 1.93. The highest BCUT2D eigenvalue weighted by Gasteiger charge is 2.41. The fraction of sp³-hybridized carbons (Fsp3) is 0.333. The van der Waals surface area contributed by atoms with Crippen LogP contribution in [0.4, 0.5) is 13.2 Å². The molecule has 17 heavy (non-hydrogen) atoms. The number of rotatable bonds is 0. The maximum Gasteiger partial charge on any atom is 0.429 e. The summed E-state index contributed by atoms with van der Waals surface area (Å²) in [5.41, 5.74) is 2.05. The van der Waals surface area contributed by atoms with Gasteiger partial charge in [0.15, 0.2) is 0 Å². The molecule has 1 aliphatic heterocycles. The Bertz CT molecular complexity index is 492. The Labute approximate surface area is 102 Å². The van der Waals surface area contributed by atoms with Crippen molar-refractivity contribution in [3.63, 3.8) is 0 Å². The molecule has 1 atom stereocenters. The largest absolute Gasteiger partial charge is 0.476 e. The number of ether oxygens (including phenoxy) is 1. The highest BCUT2D eigenvalue weighted by atomic mass is 35.5. The van der Waals surface area contributed by atoms with Crippen molar-refractivity contribution in [2.45, 2.75) is 26.1 Å². The third-order valence-corrected chi connectivity index (χ3v) is 3.29. The number of halogens is 4. The molecule has 0 bridgehead atoms. The third-order valence-electron chi connectivity index (χ3n) is 2.71. The van der Waals surface area contributed by atoms with Gasteiger partial charge in [-0.2, -0.15) is 13.2 Å². The maximum atomic E-state index is 12.5. The summed E-state index contributed by atoms with van der Waals surface area (Å²) in [6, 6.07) is 1.53. The molecule has 92 valence electrons. The molecule has 0 saturated heterocycles. The van der Waals surface area contributed by atoms with E-state index < -0.39 is 12.3 Å². The van der Waals surface area contributed by atoms with E-state index in [9.17, 15) is 13.2 Å². The van der Waals surface area contributed by atoms with Crippen LogP contribution < -0.4 is 4.74 Å². The second-order valence-electron chi connectivity index (χ2n) is 3.98. The second-order valence-corrected chi connectivity index (χ2v) is 4.36. The zero-order valence-corrected chi connectivity index (χ0v) is 9.99. The van der Waals surface area contributed by atoms with Gasteiger partial charge in [0.05, 0.1) is 0 Å². The standard InChI is InChI=1S/C12H10ClF3O/c1-6-5-9-8(7(2)11(6)13)3-4-10(17-9)12(14,15)16/h3-5,10H,1-2H3/t10-/m1/s1. The fourth-order valence-electron chi connectivity index (χ4n) is 1.78. The minimum Gasteiger partial charge on any atom is -0.476 e. The summed E-state index contributed by atoms with van der Waals surface area (Å²) in [4.78, 5) is 0. The molecule has 0 radical (unpaired) electrons. The molecule has 0 N–H and O–H groups in total. The van der Waals surface area contributed by atoms with Crippen LogP contribution >= 0.6 is 11.6 Å². The van der Waals surface area contributed by atoms with Crippen LogP contribution in [0, 0.1) is 13.8 Å². The molecule has 0 saturated carbocycles. The molecule has 0 unspecified atom stereocenters. The first-order chi connectivity index (χ1) is 7.80. The average molecular weight is 263 g/mol. The van der Waals surface area contributed by atoms with Crippen LogP contribution in [0.2, 0.25) is 5.02 Å². The molecule has 0 fully saturated rings. The van der Waals surface area contributed by atoms with E-state index in [2.05, 4.69) is 0 Å². The van der Waals surface area contributed by atoms with Gasteiger partial charge in [-0.05, 0) is 37.1 Å². The molecule has 0 spiro atoms. The lowest BCUT2D eigenvalue weighted by Gasteiger charge is -2.25. The van der Waals surface area contributed by atoms with E-state index in [1.165, 1.54) is 12.1 Å². The number of hydrogen-bond donors (Lipinski definition) is 0. The Morgan fingerprint density at radius 3 is 2.53 bits per heavy atom. The minimum atomic E-state index is -4.39. The van der Waals surface area contributed by atoms with Crippen molar-refractivity contribution >= 4 is 17.7 Å². The quantitative estimate of drug-likeness (QED) is 0.678. The predicted molar refractivity (Wildman–Crippen MR) is 60.4 cm³/mol. The van der Waals surface area contributed by atoms with Crippen molar-refractivity contribution in [1.82, 2.24) is 0 Å². The molecule has 1 aromatic rings. The highest BCUT2D eigenvalue weighted by Crippen LogP contribution is 2.38. The van der Waals surface area contributed by atoms with E-state index in [1.807, 2.05) is 0 Å². The molecule has 5 heteroatoms. The summed E-state index contributed by atoms with van der Waals surface area (Å²) in [6.45, 7) is 3.50. The van der Waals surface area contributed by atoms with Crippen molar-refractivity contribution in [2.75, 3.05) is 0 Å². The van der Waals surface area contributed by atoms with E-state index in [0.29, 0.717) is 16.1 Å². The molecule has 0 aliphatic carbocycles. The zero-order valence-electron chi connectivity index (χ0n) is 9.23. The van der Waals surface area contributed by atoms with Crippen LogP contribution in [0.25, 0.3) is 6.08 Å². The molecule has 2 rings (SSSR count). The van der Waals surface area contributed by atoms with Gasteiger partial charge in [0, 0.05) is 10.6 Å². The van der Waals surface area contributed by atoms with Gasteiger partial charge in [-0.1, -0.05) is 17.7 Å². The van der Waals surface area contributed by atoms with Crippen molar-refractivity contribution in [2.24, 2.45) is 0 Å². The van der Waals surface area contributed by atoms with Gasteiger partial charge >= 0.3 is 6.18 Å². The lowest BCUT2D eigenvalue weighted by Crippen LogP contribution is -2.34. The number of alkyl halides is 3. The number of benzene rings is 1. The SMILES string of the molecule is Cc1cc2c(c(C)c1Cl)C=C[C@H](C(F)(F)F)O2. The van der Waals surface area contributed by atoms with Gasteiger partial charge in [-0.15, -0.1) is 0 Å². The van der Waals surface area contributed by atoms with E-state index in [0.717, 1.165) is 11.6 Å². The topological polar surface area (TPSA) is 9.23 Å². The summed E-state index contributed by atoms with van der Waals surface area (Å²) in [6.07, 6.45) is -3.86. The lowest BCUT2D eigenvalue weighted by molar-refractivity contribution is -0.180. The Morgan fingerprint density at radius 2 is 1.94 bits per heavy atom. The molecular weight excluding hydrogens is 253 g/mol. The van der Waals surface area contributed by atoms with Gasteiger partial charge in [0.25, 0.3) is 0 Å². The minimum absolute atomic E-state index is 0.231. The smallest absolute Gasteiger partial charge is 0.429 e. The summed E-state index contributed by atoms with van der Waals surface area (Å²) in [7, 11) is 0. The number of aryl methyl sites for hydroxylation is 1. The van der Waals surface area contributed by atoms with Crippen LogP contribution in [-0.4, -0.2) is 12.3 Å². The van der Waals surface area contributed by atoms with E-state index in [4.69, 9.17) is 16.3 Å². The van der Waals surface area contributed by atoms with E-state index in [-0.39, 0.29) is 5.75 Å². The van der Waals surface area contributed by atoms with Crippen LogP contribution in [0.3, 0.4) is 0 Å². The highest BCUT2D eigenvalue weighted by molar-refractivity contribution is 6.32. The van der Waals surface area contributed by atoms with Crippen LogP contribution in [-0.2, 0) is 0 Å². The molecule has 1 nitrogen and oxygen atoms in total. The lowest BCUT2D eigenvalue weighted by atomic mass is 10.0. The van der Waals surface area contributed by atoms with Gasteiger partial charge < -0.3 is 4.74 Å². The molecule has 1 aromatic carbocycles. The van der Waals surface area contributed by atoms with Crippen LogP contribution in [0.5, 0.6) is 5.75 Å². The summed E-state index contributed by atoms with van der Waals surface area (Å²) >= 11 is 6.03. The molecule has 1 aliphatic rings. The van der Waals surface area contributed by atoms with Gasteiger partial charge in [0.1, 0.15) is 5.75 Å². The number of hydrogen-bond acceptors (Lipinski definition) is 1. The first-order valence-electron chi connectivity index (χ1n) is 5.02. The molecule has 0 amide bonds. The summed E-state index contributed by atoms with van der Waals surface area (Å²) in [5, 5.41) is 0.558. The number of fused-ring (bicyclic) bond motifs is 1. The normalized spacial score (nSPS) is 18.8. The van der Waals surface area contributed by atoms with Crippen LogP contribution in [0.15, 0.2) is 12.1 Å². The zero-order chi connectivity index (χ0) is 12.8. The Kier molecular flexibility index (Phi) is 2.86. The molecule has 1 heterocycles. The third kappa shape index (κ3) is 2.14. The average Bonchev–Trinajstić information content (AvgIpc) is 2.24. The van der Waals surface area contributed by atoms with Gasteiger partial charge in [0.2, 0.25) is 6.10 Å². The van der Waals surface area contributed by atoms with Crippen LogP contribution in [0.1, 0.15) is 16.7 Å². The van der Waals surface area contributed by atoms with Crippen molar-refractivity contribution in [3.8, 4) is 5.75 Å². The van der Waals surface area contributed by atoms with Gasteiger partial charge in [-0.25, -0.2) is 0 Å². The van der Waals surface area contributed by atoms with E-state index >= 15 is 0 Å². The van der Waals surface area contributed by atoms with Crippen molar-refractivity contribution in [1.29, 1.82) is 0 Å². The monoisotopic (exact) mass is 262 g/mol. The predicted octanol–water partition coefficient (Wildman–Crippen LogP) is 4.29. The first-order valence-corrected chi connectivity index (χ1v) is 5.40. The first kappa shape index (κ1) is 12.3. The Balaban J connectivity index is 2.47. The van der Waals surface area contributed by atoms with E-state index in [1.54, 1.807) is 13.8 Å². The van der Waals surface area contributed by atoms with Crippen molar-refractivity contribution in [3.05, 3.63) is 33.9 Å². The Hall–Kier alpha value is -1.16. The Morgan fingerprint density at radius 1 is 1.29 bits per heavy atom. The maximum absolute atomic E-state index is 12.5. The molecule has 0 aromatic heterocycles.